The molecule has 0 aliphatic carbocycles. The first kappa shape index (κ1) is 18.2. The lowest BCUT2D eigenvalue weighted by molar-refractivity contribution is -0.0329. The van der Waals surface area contributed by atoms with Crippen molar-refractivity contribution in [2.75, 3.05) is 17.7 Å². The van der Waals surface area contributed by atoms with Gasteiger partial charge in [-0.2, -0.15) is 0 Å². The van der Waals surface area contributed by atoms with E-state index in [9.17, 15) is 4.79 Å². The van der Waals surface area contributed by atoms with Gasteiger partial charge in [0.25, 0.3) is 5.91 Å². The van der Waals surface area contributed by atoms with Crippen molar-refractivity contribution >= 4 is 40.0 Å². The Hall–Kier alpha value is -2.17. The Morgan fingerprint density at radius 1 is 1.56 bits per heavy atom. The second-order valence-corrected chi connectivity index (χ2v) is 8.42. The molecular weight excluding hydrogens is 386 g/mol. The van der Waals surface area contributed by atoms with E-state index in [0.29, 0.717) is 23.4 Å². The highest BCUT2D eigenvalue weighted by atomic mass is 32.2. The van der Waals surface area contributed by atoms with Crippen molar-refractivity contribution in [3.63, 3.8) is 0 Å². The standard InChI is InChI=1S/C17H19N5O3S2/c1-3-11-5-10-6-27-16(18)21-17(10,8-24-11)15-20-13(7-26-15)19-14(23)12-4-9(2)25-22-12/h3-4,7,10-11H,1,5-6,8H2,2H3,(H2,18,21)(H,19,23)/t10-,11-,17-/m0/s1. The van der Waals surface area contributed by atoms with Gasteiger partial charge in [0.2, 0.25) is 0 Å². The number of anilines is 1. The fourth-order valence-electron chi connectivity index (χ4n) is 3.27. The molecule has 1 amide bonds. The molecule has 3 atom stereocenters. The van der Waals surface area contributed by atoms with E-state index in [1.54, 1.807) is 30.1 Å². The molecule has 0 aromatic carbocycles. The molecule has 2 aromatic heterocycles. The monoisotopic (exact) mass is 405 g/mol. The molecule has 0 radical (unpaired) electrons. The van der Waals surface area contributed by atoms with Crippen LogP contribution in [0.5, 0.6) is 0 Å². The highest BCUT2D eigenvalue weighted by Gasteiger charge is 2.49. The summed E-state index contributed by atoms with van der Waals surface area (Å²) < 4.78 is 10.9. The molecule has 2 aromatic rings. The molecule has 10 heteroatoms. The van der Waals surface area contributed by atoms with Crippen LogP contribution in [0.25, 0.3) is 0 Å². The van der Waals surface area contributed by atoms with Crippen LogP contribution in [0, 0.1) is 12.8 Å². The lowest BCUT2D eigenvalue weighted by atomic mass is 9.80. The van der Waals surface area contributed by atoms with E-state index in [0.717, 1.165) is 17.2 Å². The molecule has 27 heavy (non-hydrogen) atoms. The number of amides is 1. The van der Waals surface area contributed by atoms with Crippen molar-refractivity contribution in [3.8, 4) is 0 Å². The van der Waals surface area contributed by atoms with Crippen LogP contribution in [0.3, 0.4) is 0 Å². The van der Waals surface area contributed by atoms with Gasteiger partial charge in [0.05, 0.1) is 12.7 Å². The fraction of sp³-hybridized carbons (Fsp3) is 0.412. The van der Waals surface area contributed by atoms with Gasteiger partial charge in [-0.25, -0.2) is 9.98 Å². The van der Waals surface area contributed by atoms with E-state index in [-0.39, 0.29) is 23.6 Å². The van der Waals surface area contributed by atoms with Crippen LogP contribution >= 0.6 is 23.1 Å². The summed E-state index contributed by atoms with van der Waals surface area (Å²) in [6.45, 7) is 5.95. The largest absolute Gasteiger partial charge is 0.379 e. The molecule has 0 unspecified atom stereocenters. The number of carbonyl (C=O) groups excluding carboxylic acids is 1. The molecule has 0 spiro atoms. The number of thioether (sulfide) groups is 1. The maximum absolute atomic E-state index is 12.3. The van der Waals surface area contributed by atoms with Crippen molar-refractivity contribution in [1.29, 1.82) is 0 Å². The molecule has 0 bridgehead atoms. The zero-order valence-electron chi connectivity index (χ0n) is 14.7. The molecule has 1 fully saturated rings. The minimum absolute atomic E-state index is 0.00721. The van der Waals surface area contributed by atoms with Gasteiger partial charge in [-0.1, -0.05) is 23.0 Å². The van der Waals surface area contributed by atoms with Gasteiger partial charge in [0, 0.05) is 23.1 Å². The first-order chi connectivity index (χ1) is 13.0. The number of thiazole rings is 1. The Balaban J connectivity index is 1.59. The predicted octanol–water partition coefficient (Wildman–Crippen LogP) is 2.54. The second-order valence-electron chi connectivity index (χ2n) is 6.52. The van der Waals surface area contributed by atoms with E-state index >= 15 is 0 Å². The number of fused-ring (bicyclic) bond motifs is 1. The van der Waals surface area contributed by atoms with Crippen LogP contribution < -0.4 is 11.1 Å². The van der Waals surface area contributed by atoms with Crippen molar-refractivity contribution in [1.82, 2.24) is 10.1 Å². The van der Waals surface area contributed by atoms with Gasteiger partial charge in [-0.05, 0) is 13.3 Å². The zero-order chi connectivity index (χ0) is 19.0. The lowest BCUT2D eigenvalue weighted by Gasteiger charge is -2.44. The molecule has 3 N–H and O–H groups in total. The fourth-order valence-corrected chi connectivity index (χ4v) is 5.24. The Morgan fingerprint density at radius 2 is 2.41 bits per heavy atom. The highest BCUT2D eigenvalue weighted by Crippen LogP contribution is 2.47. The number of hydrogen-bond acceptors (Lipinski definition) is 9. The number of amidine groups is 1. The Kier molecular flexibility index (Phi) is 4.79. The number of rotatable bonds is 4. The van der Waals surface area contributed by atoms with Crippen LogP contribution in [0.1, 0.15) is 27.7 Å². The average molecular weight is 406 g/mol. The number of nitrogens with two attached hydrogens (primary N) is 1. The molecule has 142 valence electrons. The number of nitrogens with one attached hydrogen (secondary N) is 1. The summed E-state index contributed by atoms with van der Waals surface area (Å²) >= 11 is 2.99. The molecular formula is C17H19N5O3S2. The van der Waals surface area contributed by atoms with E-state index in [2.05, 4.69) is 22.0 Å². The number of carbonyl (C=O) groups is 1. The van der Waals surface area contributed by atoms with E-state index in [1.807, 2.05) is 6.08 Å². The summed E-state index contributed by atoms with van der Waals surface area (Å²) in [5.74, 6) is 1.74. The van der Waals surface area contributed by atoms with Crippen LogP contribution in [0.4, 0.5) is 5.82 Å². The number of hydrogen-bond donors (Lipinski definition) is 2. The van der Waals surface area contributed by atoms with Crippen molar-refractivity contribution in [3.05, 3.63) is 40.6 Å². The third-order valence-electron chi connectivity index (χ3n) is 4.69. The summed E-state index contributed by atoms with van der Waals surface area (Å²) in [7, 11) is 0. The van der Waals surface area contributed by atoms with Crippen LogP contribution in [-0.4, -0.2) is 39.7 Å². The van der Waals surface area contributed by atoms with Gasteiger partial charge in [0.1, 0.15) is 22.1 Å². The molecule has 2 aliphatic rings. The zero-order valence-corrected chi connectivity index (χ0v) is 16.3. The van der Waals surface area contributed by atoms with Gasteiger partial charge in [-0.15, -0.1) is 17.9 Å². The van der Waals surface area contributed by atoms with Gasteiger partial charge >= 0.3 is 0 Å². The number of aromatic nitrogens is 2. The van der Waals surface area contributed by atoms with Gasteiger partial charge in [0.15, 0.2) is 10.9 Å². The number of ether oxygens (including phenoxy) is 1. The predicted molar refractivity (Wildman–Crippen MR) is 105 cm³/mol. The van der Waals surface area contributed by atoms with E-state index in [4.69, 9.17) is 20.0 Å². The average Bonchev–Trinajstić information content (AvgIpc) is 3.30. The normalized spacial score (nSPS) is 27.5. The highest BCUT2D eigenvalue weighted by molar-refractivity contribution is 8.13. The topological polar surface area (TPSA) is 116 Å². The maximum atomic E-state index is 12.3. The molecule has 1 saturated heterocycles. The lowest BCUT2D eigenvalue weighted by Crippen LogP contribution is -2.49. The SMILES string of the molecule is C=C[C@H]1C[C@H]2CSC(N)=N[C@@]2(c2nc(NC(=O)c3cc(C)on3)cs2)CO1. The van der Waals surface area contributed by atoms with Crippen LogP contribution in [0.15, 0.2) is 33.6 Å². The third-order valence-corrected chi connectivity index (χ3v) is 6.66. The van der Waals surface area contributed by atoms with E-state index < -0.39 is 5.54 Å². The number of nitrogens with zero attached hydrogens (tertiary/aromatic N) is 3. The summed E-state index contributed by atoms with van der Waals surface area (Å²) in [5.41, 5.74) is 5.62. The Morgan fingerprint density at radius 3 is 3.15 bits per heavy atom. The minimum atomic E-state index is -0.618. The summed E-state index contributed by atoms with van der Waals surface area (Å²) in [4.78, 5) is 21.6. The van der Waals surface area contributed by atoms with Gasteiger partial charge in [-0.3, -0.25) is 4.79 Å². The first-order valence-corrected chi connectivity index (χ1v) is 10.3. The van der Waals surface area contributed by atoms with Crippen molar-refractivity contribution in [2.24, 2.45) is 16.6 Å². The Labute approximate surface area is 164 Å². The molecule has 0 saturated carbocycles. The summed E-state index contributed by atoms with van der Waals surface area (Å²) in [5, 5.41) is 9.57. The minimum Gasteiger partial charge on any atom is -0.379 e. The van der Waals surface area contributed by atoms with Crippen molar-refractivity contribution < 1.29 is 14.1 Å². The summed E-state index contributed by atoms with van der Waals surface area (Å²) in [6, 6.07) is 1.57. The molecule has 2 aliphatic heterocycles. The molecule has 4 rings (SSSR count). The van der Waals surface area contributed by atoms with E-state index in [1.165, 1.54) is 11.3 Å². The Bertz CT molecular complexity index is 908. The number of aryl methyl sites for hydroxylation is 1. The van der Waals surface area contributed by atoms with Crippen LogP contribution in [-0.2, 0) is 10.3 Å². The smallest absolute Gasteiger partial charge is 0.279 e. The van der Waals surface area contributed by atoms with Crippen molar-refractivity contribution in [2.45, 2.75) is 25.0 Å². The van der Waals surface area contributed by atoms with Gasteiger partial charge < -0.3 is 20.3 Å². The summed E-state index contributed by atoms with van der Waals surface area (Å²) in [6.07, 6.45) is 2.64. The number of aliphatic imine (C=N–C) groups is 1. The first-order valence-electron chi connectivity index (χ1n) is 8.43. The molecule has 8 nitrogen and oxygen atoms in total. The maximum Gasteiger partial charge on any atom is 0.279 e. The quantitative estimate of drug-likeness (QED) is 0.751. The second kappa shape index (κ2) is 7.10. The third kappa shape index (κ3) is 3.40. The van der Waals surface area contributed by atoms with Crippen LogP contribution in [0.2, 0.25) is 0 Å². The molecule has 4 heterocycles.